The van der Waals surface area contributed by atoms with Gasteiger partial charge < -0.3 is 9.47 Å². The van der Waals surface area contributed by atoms with Gasteiger partial charge in [0, 0.05) is 47.7 Å². The lowest BCUT2D eigenvalue weighted by molar-refractivity contribution is -0.384. The number of halogens is 1. The van der Waals surface area contributed by atoms with Crippen molar-refractivity contribution in [3.63, 3.8) is 0 Å². The first-order valence-electron chi connectivity index (χ1n) is 11.1. The first kappa shape index (κ1) is 24.2. The molecule has 3 aromatic carbocycles. The van der Waals surface area contributed by atoms with Gasteiger partial charge >= 0.3 is 0 Å². The number of nitro groups is 1. The van der Waals surface area contributed by atoms with Crippen molar-refractivity contribution in [1.82, 2.24) is 9.47 Å². The molecule has 6 nitrogen and oxygen atoms in total. The summed E-state index contributed by atoms with van der Waals surface area (Å²) >= 11 is 3.47. The summed E-state index contributed by atoms with van der Waals surface area (Å²) < 4.78 is 3.18. The van der Waals surface area contributed by atoms with Crippen LogP contribution in [-0.4, -0.2) is 20.3 Å². The highest BCUT2D eigenvalue weighted by Crippen LogP contribution is 2.17. The van der Waals surface area contributed by atoms with Gasteiger partial charge in [-0.1, -0.05) is 58.4 Å². The molecule has 1 aromatic heterocycles. The van der Waals surface area contributed by atoms with E-state index in [-0.39, 0.29) is 11.6 Å². The molecule has 1 heterocycles. The zero-order chi connectivity index (χ0) is 24.6. The Labute approximate surface area is 212 Å². The van der Waals surface area contributed by atoms with Crippen molar-refractivity contribution in [2.45, 2.75) is 19.6 Å². The van der Waals surface area contributed by atoms with E-state index < -0.39 is 4.92 Å². The van der Waals surface area contributed by atoms with Gasteiger partial charge in [0.05, 0.1) is 11.5 Å². The number of aromatic nitrogens is 1. The van der Waals surface area contributed by atoms with Crippen LogP contribution in [0.4, 0.5) is 5.69 Å². The van der Waals surface area contributed by atoms with Crippen LogP contribution in [0.3, 0.4) is 0 Å². The third kappa shape index (κ3) is 6.77. The molecule has 176 valence electrons. The molecule has 35 heavy (non-hydrogen) atoms. The summed E-state index contributed by atoms with van der Waals surface area (Å²) in [6, 6.07) is 28.2. The average Bonchev–Trinajstić information content (AvgIpc) is 3.30. The second-order valence-electron chi connectivity index (χ2n) is 8.12. The SMILES string of the molecule is O=C(/C=C/c1ccc([N+](=O)[O-])cc1)N(Cc1ccccc1)Cc1cccn1Cc1ccc(Br)cc1. The topological polar surface area (TPSA) is 68.4 Å². The van der Waals surface area contributed by atoms with Gasteiger partial charge in [-0.3, -0.25) is 14.9 Å². The number of nitro benzene ring substituents is 1. The van der Waals surface area contributed by atoms with Gasteiger partial charge in [-0.25, -0.2) is 0 Å². The molecular weight excluding hydrogens is 506 g/mol. The van der Waals surface area contributed by atoms with Crippen LogP contribution in [0, 0.1) is 10.1 Å². The van der Waals surface area contributed by atoms with Gasteiger partial charge in [0.2, 0.25) is 5.91 Å². The van der Waals surface area contributed by atoms with E-state index in [4.69, 9.17) is 0 Å². The highest BCUT2D eigenvalue weighted by Gasteiger charge is 2.15. The normalized spacial score (nSPS) is 11.0. The summed E-state index contributed by atoms with van der Waals surface area (Å²) in [6.45, 7) is 1.62. The molecule has 0 aliphatic heterocycles. The van der Waals surface area contributed by atoms with Crippen molar-refractivity contribution in [3.8, 4) is 0 Å². The van der Waals surface area contributed by atoms with E-state index >= 15 is 0 Å². The summed E-state index contributed by atoms with van der Waals surface area (Å²) in [5, 5.41) is 10.9. The molecule has 0 fully saturated rings. The molecular formula is C28H24BrN3O3. The second kappa shape index (κ2) is 11.4. The Morgan fingerprint density at radius 1 is 0.886 bits per heavy atom. The predicted molar refractivity (Wildman–Crippen MR) is 141 cm³/mol. The molecule has 0 aliphatic rings. The van der Waals surface area contributed by atoms with E-state index in [0.717, 1.165) is 21.3 Å². The number of hydrogen-bond donors (Lipinski definition) is 0. The quantitative estimate of drug-likeness (QED) is 0.142. The zero-order valence-corrected chi connectivity index (χ0v) is 20.5. The zero-order valence-electron chi connectivity index (χ0n) is 19.0. The third-order valence-electron chi connectivity index (χ3n) is 5.59. The standard InChI is InChI=1S/C28H24BrN3O3/c29-25-13-8-24(9-14-25)19-30-18-4-7-27(30)21-31(20-23-5-2-1-3-6-23)28(33)17-12-22-10-15-26(16-11-22)32(34)35/h1-18H,19-21H2/b17-12+. The van der Waals surface area contributed by atoms with Crippen LogP contribution < -0.4 is 0 Å². The molecule has 0 N–H and O–H groups in total. The number of carbonyl (C=O) groups excluding carboxylic acids is 1. The molecule has 1 amide bonds. The van der Waals surface area contributed by atoms with Crippen molar-refractivity contribution < 1.29 is 9.72 Å². The Kier molecular flexibility index (Phi) is 7.90. The average molecular weight is 530 g/mol. The van der Waals surface area contributed by atoms with Crippen molar-refractivity contribution in [1.29, 1.82) is 0 Å². The fourth-order valence-corrected chi connectivity index (χ4v) is 3.99. The van der Waals surface area contributed by atoms with Gasteiger partial charge in [-0.05, 0) is 59.2 Å². The van der Waals surface area contributed by atoms with Gasteiger partial charge in [-0.2, -0.15) is 0 Å². The summed E-state index contributed by atoms with van der Waals surface area (Å²) in [5.41, 5.74) is 3.98. The van der Waals surface area contributed by atoms with E-state index in [1.54, 1.807) is 23.1 Å². The molecule has 0 unspecified atom stereocenters. The van der Waals surface area contributed by atoms with E-state index in [1.165, 1.54) is 23.8 Å². The Morgan fingerprint density at radius 3 is 2.29 bits per heavy atom. The molecule has 4 rings (SSSR count). The maximum Gasteiger partial charge on any atom is 0.269 e. The summed E-state index contributed by atoms with van der Waals surface area (Å²) in [7, 11) is 0. The van der Waals surface area contributed by atoms with Gasteiger partial charge in [0.15, 0.2) is 0 Å². The van der Waals surface area contributed by atoms with E-state index in [2.05, 4.69) is 32.6 Å². The fourth-order valence-electron chi connectivity index (χ4n) is 3.72. The number of rotatable bonds is 9. The van der Waals surface area contributed by atoms with Crippen LogP contribution in [0.25, 0.3) is 6.08 Å². The minimum absolute atomic E-state index is 0.0192. The molecule has 4 aromatic rings. The van der Waals surface area contributed by atoms with Crippen LogP contribution >= 0.6 is 15.9 Å². The number of carbonyl (C=O) groups is 1. The lowest BCUT2D eigenvalue weighted by atomic mass is 10.1. The monoisotopic (exact) mass is 529 g/mol. The molecule has 0 saturated heterocycles. The molecule has 0 saturated carbocycles. The van der Waals surface area contributed by atoms with E-state index in [1.807, 2.05) is 60.8 Å². The highest BCUT2D eigenvalue weighted by atomic mass is 79.9. The van der Waals surface area contributed by atoms with Gasteiger partial charge in [-0.15, -0.1) is 0 Å². The molecule has 0 spiro atoms. The van der Waals surface area contributed by atoms with Crippen LogP contribution in [-0.2, 0) is 24.4 Å². The van der Waals surface area contributed by atoms with E-state index in [0.29, 0.717) is 19.6 Å². The lowest BCUT2D eigenvalue weighted by Crippen LogP contribution is -2.29. The maximum atomic E-state index is 13.2. The van der Waals surface area contributed by atoms with Crippen LogP contribution in [0.2, 0.25) is 0 Å². The molecule has 0 bridgehead atoms. The van der Waals surface area contributed by atoms with Crippen molar-refractivity contribution in [2.75, 3.05) is 0 Å². The minimum Gasteiger partial charge on any atom is -0.345 e. The summed E-state index contributed by atoms with van der Waals surface area (Å²) in [6.07, 6.45) is 5.23. The highest BCUT2D eigenvalue weighted by molar-refractivity contribution is 9.10. The van der Waals surface area contributed by atoms with Gasteiger partial charge in [0.1, 0.15) is 0 Å². The largest absolute Gasteiger partial charge is 0.345 e. The molecule has 0 aliphatic carbocycles. The number of benzene rings is 3. The minimum atomic E-state index is -0.441. The first-order valence-corrected chi connectivity index (χ1v) is 11.9. The number of nitrogens with zero attached hydrogens (tertiary/aromatic N) is 3. The molecule has 0 atom stereocenters. The number of hydrogen-bond acceptors (Lipinski definition) is 3. The second-order valence-corrected chi connectivity index (χ2v) is 9.03. The maximum absolute atomic E-state index is 13.2. The molecule has 0 radical (unpaired) electrons. The van der Waals surface area contributed by atoms with E-state index in [9.17, 15) is 14.9 Å². The number of non-ortho nitro benzene ring substituents is 1. The Balaban J connectivity index is 1.53. The fraction of sp³-hybridized carbons (Fsp3) is 0.107. The first-order chi connectivity index (χ1) is 17.0. The van der Waals surface area contributed by atoms with Gasteiger partial charge in [0.25, 0.3) is 5.69 Å². The Hall–Kier alpha value is -3.97. The third-order valence-corrected chi connectivity index (χ3v) is 6.12. The Morgan fingerprint density at radius 2 is 1.60 bits per heavy atom. The number of amides is 1. The van der Waals surface area contributed by atoms with Crippen LogP contribution in [0.5, 0.6) is 0 Å². The summed E-state index contributed by atoms with van der Waals surface area (Å²) in [4.78, 5) is 25.5. The van der Waals surface area contributed by atoms with Crippen LogP contribution in [0.15, 0.2) is 108 Å². The lowest BCUT2D eigenvalue weighted by Gasteiger charge is -2.23. The molecule has 7 heteroatoms. The summed E-state index contributed by atoms with van der Waals surface area (Å²) in [5.74, 6) is -0.136. The smallest absolute Gasteiger partial charge is 0.269 e. The predicted octanol–water partition coefficient (Wildman–Crippen LogP) is 6.45. The van der Waals surface area contributed by atoms with Crippen molar-refractivity contribution in [2.24, 2.45) is 0 Å². The Bertz CT molecular complexity index is 1310. The van der Waals surface area contributed by atoms with Crippen molar-refractivity contribution in [3.05, 3.63) is 140 Å². The van der Waals surface area contributed by atoms with Crippen LogP contribution in [0.1, 0.15) is 22.4 Å². The van der Waals surface area contributed by atoms with Crippen molar-refractivity contribution >= 4 is 33.6 Å².